The first-order chi connectivity index (χ1) is 9.13. The van der Waals surface area contributed by atoms with E-state index in [0.29, 0.717) is 6.04 Å². The molecular formula is C15H25N3S. The minimum Gasteiger partial charge on any atom is -0.317 e. The molecule has 0 saturated carbocycles. The molecule has 2 fully saturated rings. The molecule has 1 aromatic heterocycles. The number of hydrogen-bond acceptors (Lipinski definition) is 4. The highest BCUT2D eigenvalue weighted by molar-refractivity contribution is 7.09. The lowest BCUT2D eigenvalue weighted by Gasteiger charge is -2.55. The third-order valence-electron chi connectivity index (χ3n) is 4.98. The highest BCUT2D eigenvalue weighted by Crippen LogP contribution is 2.43. The predicted octanol–water partition coefficient (Wildman–Crippen LogP) is 2.98. The van der Waals surface area contributed by atoms with Gasteiger partial charge in [0.1, 0.15) is 5.01 Å². The van der Waals surface area contributed by atoms with E-state index in [1.807, 2.05) is 6.20 Å². The molecule has 1 N–H and O–H groups in total. The lowest BCUT2D eigenvalue weighted by molar-refractivity contribution is -0.0504. The Hall–Kier alpha value is -0.450. The number of thiazole rings is 1. The van der Waals surface area contributed by atoms with Gasteiger partial charge < -0.3 is 5.32 Å². The van der Waals surface area contributed by atoms with Crippen LogP contribution in [0, 0.1) is 0 Å². The van der Waals surface area contributed by atoms with Crippen molar-refractivity contribution in [3.8, 4) is 0 Å². The van der Waals surface area contributed by atoms with Gasteiger partial charge in [0.25, 0.3) is 0 Å². The molecular weight excluding hydrogens is 254 g/mol. The lowest BCUT2D eigenvalue weighted by atomic mass is 9.78. The van der Waals surface area contributed by atoms with Gasteiger partial charge in [-0.1, -0.05) is 6.42 Å². The van der Waals surface area contributed by atoms with Crippen LogP contribution in [0.5, 0.6) is 0 Å². The fraction of sp³-hybridized carbons (Fsp3) is 0.800. The molecule has 2 atom stereocenters. The van der Waals surface area contributed by atoms with Crippen molar-refractivity contribution in [2.75, 3.05) is 7.05 Å². The number of fused-ring (bicyclic) bond motifs is 2. The number of piperidine rings is 2. The molecule has 4 heteroatoms. The summed E-state index contributed by atoms with van der Waals surface area (Å²) in [6.45, 7) is 4.72. The van der Waals surface area contributed by atoms with E-state index in [1.165, 1.54) is 37.1 Å². The monoisotopic (exact) mass is 279 g/mol. The predicted molar refractivity (Wildman–Crippen MR) is 80.5 cm³/mol. The first-order valence-electron chi connectivity index (χ1n) is 7.48. The average molecular weight is 279 g/mol. The molecule has 0 aliphatic carbocycles. The van der Waals surface area contributed by atoms with Crippen LogP contribution in [0.2, 0.25) is 0 Å². The molecule has 3 rings (SSSR count). The van der Waals surface area contributed by atoms with Crippen molar-refractivity contribution in [1.82, 2.24) is 15.2 Å². The summed E-state index contributed by atoms with van der Waals surface area (Å²) in [4.78, 5) is 7.37. The molecule has 2 unspecified atom stereocenters. The summed E-state index contributed by atoms with van der Waals surface area (Å²) in [5.41, 5.74) is 0.0859. The minimum absolute atomic E-state index is 0.0859. The Morgan fingerprint density at radius 2 is 2.00 bits per heavy atom. The largest absolute Gasteiger partial charge is 0.317 e. The molecule has 2 saturated heterocycles. The molecule has 2 bridgehead atoms. The molecule has 1 aromatic rings. The molecule has 3 heterocycles. The molecule has 106 valence electrons. The Labute approximate surface area is 120 Å². The Bertz CT molecular complexity index is 401. The van der Waals surface area contributed by atoms with Crippen molar-refractivity contribution in [2.24, 2.45) is 0 Å². The van der Waals surface area contributed by atoms with Gasteiger partial charge in [0.15, 0.2) is 0 Å². The van der Waals surface area contributed by atoms with E-state index in [9.17, 15) is 0 Å². The zero-order chi connectivity index (χ0) is 13.5. The van der Waals surface area contributed by atoms with Gasteiger partial charge in [0.2, 0.25) is 0 Å². The first-order valence-corrected chi connectivity index (χ1v) is 8.36. The van der Waals surface area contributed by atoms with Crippen molar-refractivity contribution >= 4 is 11.3 Å². The van der Waals surface area contributed by atoms with Crippen molar-refractivity contribution < 1.29 is 0 Å². The molecule has 2 aliphatic heterocycles. The Balaban J connectivity index is 1.88. The maximum absolute atomic E-state index is 4.59. The number of hydrogen-bond donors (Lipinski definition) is 1. The van der Waals surface area contributed by atoms with E-state index in [2.05, 4.69) is 41.5 Å². The van der Waals surface area contributed by atoms with E-state index in [1.54, 1.807) is 11.3 Å². The van der Waals surface area contributed by atoms with Crippen LogP contribution < -0.4 is 5.32 Å². The van der Waals surface area contributed by atoms with Gasteiger partial charge in [-0.15, -0.1) is 11.3 Å². The Kier molecular flexibility index (Phi) is 3.67. The summed E-state index contributed by atoms with van der Waals surface area (Å²) in [5.74, 6) is 0. The summed E-state index contributed by atoms with van der Waals surface area (Å²) in [7, 11) is 2.11. The molecule has 2 aliphatic rings. The van der Waals surface area contributed by atoms with Gasteiger partial charge in [0, 0.05) is 29.7 Å². The SMILES string of the molecule is CNC1CC2CCCC(C1)N2C(C)(C)c1nccs1. The van der Waals surface area contributed by atoms with E-state index in [4.69, 9.17) is 0 Å². The van der Waals surface area contributed by atoms with Gasteiger partial charge in [-0.2, -0.15) is 0 Å². The highest BCUT2D eigenvalue weighted by atomic mass is 32.1. The summed E-state index contributed by atoms with van der Waals surface area (Å²) in [6.07, 6.45) is 8.63. The topological polar surface area (TPSA) is 28.2 Å². The minimum atomic E-state index is 0.0859. The van der Waals surface area contributed by atoms with E-state index in [0.717, 1.165) is 12.1 Å². The molecule has 0 spiro atoms. The standard InChI is InChI=1S/C15H25N3S/c1-15(2,14-17-7-8-19-14)18-12-5-4-6-13(18)10-11(9-12)16-3/h7-8,11-13,16H,4-6,9-10H2,1-3H3. The van der Waals surface area contributed by atoms with Crippen LogP contribution in [0.1, 0.15) is 51.0 Å². The van der Waals surface area contributed by atoms with Crippen LogP contribution in [-0.2, 0) is 5.54 Å². The van der Waals surface area contributed by atoms with Crippen molar-refractivity contribution in [3.63, 3.8) is 0 Å². The third kappa shape index (κ3) is 2.34. The van der Waals surface area contributed by atoms with Gasteiger partial charge in [-0.3, -0.25) is 4.90 Å². The van der Waals surface area contributed by atoms with Crippen molar-refractivity contribution in [3.05, 3.63) is 16.6 Å². The number of aromatic nitrogens is 1. The highest BCUT2D eigenvalue weighted by Gasteiger charge is 2.46. The fourth-order valence-electron chi connectivity index (χ4n) is 4.17. The lowest BCUT2D eigenvalue weighted by Crippen LogP contribution is -2.61. The van der Waals surface area contributed by atoms with Crippen molar-refractivity contribution in [2.45, 2.75) is 69.6 Å². The average Bonchev–Trinajstić information content (AvgIpc) is 2.91. The van der Waals surface area contributed by atoms with Gasteiger partial charge >= 0.3 is 0 Å². The Morgan fingerprint density at radius 1 is 1.32 bits per heavy atom. The summed E-state index contributed by atoms with van der Waals surface area (Å²) < 4.78 is 0. The summed E-state index contributed by atoms with van der Waals surface area (Å²) in [5, 5.41) is 6.87. The zero-order valence-electron chi connectivity index (χ0n) is 12.2. The molecule has 0 radical (unpaired) electrons. The van der Waals surface area contributed by atoms with Gasteiger partial charge in [-0.25, -0.2) is 4.98 Å². The van der Waals surface area contributed by atoms with Crippen molar-refractivity contribution in [1.29, 1.82) is 0 Å². The summed E-state index contributed by atoms with van der Waals surface area (Å²) >= 11 is 1.80. The van der Waals surface area contributed by atoms with Crippen LogP contribution >= 0.6 is 11.3 Å². The van der Waals surface area contributed by atoms with Crippen LogP contribution in [0.15, 0.2) is 11.6 Å². The second kappa shape index (κ2) is 5.15. The molecule has 3 nitrogen and oxygen atoms in total. The smallest absolute Gasteiger partial charge is 0.112 e. The van der Waals surface area contributed by atoms with Gasteiger partial charge in [-0.05, 0) is 46.6 Å². The van der Waals surface area contributed by atoms with E-state index < -0.39 is 0 Å². The van der Waals surface area contributed by atoms with Crippen LogP contribution in [-0.4, -0.2) is 35.1 Å². The first kappa shape index (κ1) is 13.5. The second-order valence-corrected chi connectivity index (χ2v) is 7.39. The fourth-order valence-corrected chi connectivity index (χ4v) is 4.93. The van der Waals surface area contributed by atoms with Crippen LogP contribution in [0.4, 0.5) is 0 Å². The van der Waals surface area contributed by atoms with E-state index >= 15 is 0 Å². The maximum atomic E-state index is 4.59. The quantitative estimate of drug-likeness (QED) is 0.922. The Morgan fingerprint density at radius 3 is 2.53 bits per heavy atom. The molecule has 0 amide bonds. The second-order valence-electron chi connectivity index (χ2n) is 6.50. The van der Waals surface area contributed by atoms with Crippen LogP contribution in [0.3, 0.4) is 0 Å². The number of nitrogens with one attached hydrogen (secondary N) is 1. The molecule has 19 heavy (non-hydrogen) atoms. The molecule has 0 aromatic carbocycles. The number of rotatable bonds is 3. The zero-order valence-corrected chi connectivity index (χ0v) is 13.0. The van der Waals surface area contributed by atoms with E-state index in [-0.39, 0.29) is 5.54 Å². The number of nitrogens with zero attached hydrogens (tertiary/aromatic N) is 2. The third-order valence-corrected chi connectivity index (χ3v) is 6.07. The summed E-state index contributed by atoms with van der Waals surface area (Å²) in [6, 6.07) is 2.16. The van der Waals surface area contributed by atoms with Crippen LogP contribution in [0.25, 0.3) is 0 Å². The van der Waals surface area contributed by atoms with Gasteiger partial charge in [0.05, 0.1) is 5.54 Å². The maximum Gasteiger partial charge on any atom is 0.112 e. The normalized spacial score (nSPS) is 32.5.